The summed E-state index contributed by atoms with van der Waals surface area (Å²) in [7, 11) is 0. The second kappa shape index (κ2) is 7.70. The number of carbonyl (C=O) groups is 2. The van der Waals surface area contributed by atoms with Gasteiger partial charge in [-0.05, 0) is 74.8 Å². The van der Waals surface area contributed by atoms with Gasteiger partial charge in [-0.1, -0.05) is 12.1 Å². The predicted octanol–water partition coefficient (Wildman–Crippen LogP) is 3.57. The number of rotatable bonds is 6. The molecule has 1 amide bonds. The highest BCUT2D eigenvalue weighted by Gasteiger charge is 2.54. The number of amides is 1. The molecule has 5 rings (SSSR count). The first-order chi connectivity index (χ1) is 13.9. The molecule has 4 aliphatic carbocycles. The van der Waals surface area contributed by atoms with E-state index in [1.54, 1.807) is 19.1 Å². The summed E-state index contributed by atoms with van der Waals surface area (Å²) in [6, 6.07) is 7.01. The first-order valence-electron chi connectivity index (χ1n) is 10.5. The lowest BCUT2D eigenvalue weighted by Gasteiger charge is -2.60. The van der Waals surface area contributed by atoms with Crippen molar-refractivity contribution in [3.05, 3.63) is 29.3 Å². The maximum Gasteiger partial charge on any atom is 0.342 e. The smallest absolute Gasteiger partial charge is 0.342 e. The standard InChI is InChI=1S/C23H28N2O4/c1-15-4-2-5-19(21(15)27)22(28)29-14-20(26)25(7-3-6-24)23-11-16-8-17(12-23)10-18(9-16)13-23/h2,4-5,16-18,27H,3,7-14H2,1H3. The molecular formula is C23H28N2O4. The molecule has 4 bridgehead atoms. The average molecular weight is 396 g/mol. The molecule has 0 spiro atoms. The zero-order chi connectivity index (χ0) is 20.6. The molecule has 0 radical (unpaired) electrons. The number of aryl methyl sites for hydroxylation is 1. The molecule has 6 nitrogen and oxygen atoms in total. The van der Waals surface area contributed by atoms with Crippen molar-refractivity contribution in [2.24, 2.45) is 17.8 Å². The lowest BCUT2D eigenvalue weighted by Crippen LogP contribution is -2.62. The van der Waals surface area contributed by atoms with Gasteiger partial charge in [-0.3, -0.25) is 4.79 Å². The molecule has 154 valence electrons. The van der Waals surface area contributed by atoms with E-state index in [1.807, 2.05) is 4.90 Å². The third-order valence-corrected chi connectivity index (χ3v) is 7.11. The van der Waals surface area contributed by atoms with Crippen LogP contribution >= 0.6 is 0 Å². The second-order valence-electron chi connectivity index (χ2n) is 9.14. The van der Waals surface area contributed by atoms with Gasteiger partial charge in [0.05, 0.1) is 12.5 Å². The number of ether oxygens (including phenoxy) is 1. The highest BCUT2D eigenvalue weighted by molar-refractivity contribution is 5.94. The Bertz CT molecular complexity index is 822. The van der Waals surface area contributed by atoms with E-state index in [2.05, 4.69) is 6.07 Å². The van der Waals surface area contributed by atoms with Crippen molar-refractivity contribution in [2.75, 3.05) is 13.2 Å². The highest BCUT2D eigenvalue weighted by atomic mass is 16.5. The van der Waals surface area contributed by atoms with Crippen molar-refractivity contribution in [2.45, 2.75) is 57.4 Å². The minimum atomic E-state index is -0.703. The molecule has 4 fully saturated rings. The minimum Gasteiger partial charge on any atom is -0.507 e. The molecular weight excluding hydrogens is 368 g/mol. The first kappa shape index (κ1) is 19.8. The van der Waals surface area contributed by atoms with Crippen molar-refractivity contribution in [3.8, 4) is 11.8 Å². The molecule has 4 aliphatic rings. The van der Waals surface area contributed by atoms with Crippen LogP contribution in [0.5, 0.6) is 5.75 Å². The van der Waals surface area contributed by atoms with Gasteiger partial charge >= 0.3 is 5.97 Å². The van der Waals surface area contributed by atoms with Gasteiger partial charge < -0.3 is 14.7 Å². The maximum absolute atomic E-state index is 13.1. The quantitative estimate of drug-likeness (QED) is 0.743. The number of para-hydroxylation sites is 1. The summed E-state index contributed by atoms with van der Waals surface area (Å²) in [6.45, 7) is 1.72. The zero-order valence-corrected chi connectivity index (χ0v) is 16.9. The number of phenolic OH excluding ortho intramolecular Hbond substituents is 1. The Morgan fingerprint density at radius 2 is 1.83 bits per heavy atom. The van der Waals surface area contributed by atoms with Gasteiger partial charge in [0.1, 0.15) is 11.3 Å². The number of nitriles is 1. The molecule has 0 atom stereocenters. The lowest BCUT2D eigenvalue weighted by molar-refractivity contribution is -0.153. The molecule has 1 aromatic carbocycles. The van der Waals surface area contributed by atoms with Crippen LogP contribution in [0.3, 0.4) is 0 Å². The number of hydrogen-bond acceptors (Lipinski definition) is 5. The van der Waals surface area contributed by atoms with Crippen molar-refractivity contribution < 1.29 is 19.4 Å². The number of esters is 1. The minimum absolute atomic E-state index is 0.0659. The van der Waals surface area contributed by atoms with E-state index in [0.717, 1.165) is 19.3 Å². The Morgan fingerprint density at radius 1 is 1.21 bits per heavy atom. The van der Waals surface area contributed by atoms with Gasteiger partial charge in [0, 0.05) is 12.1 Å². The van der Waals surface area contributed by atoms with Crippen LogP contribution in [0, 0.1) is 36.0 Å². The molecule has 0 aliphatic heterocycles. The molecule has 29 heavy (non-hydrogen) atoms. The van der Waals surface area contributed by atoms with Crippen molar-refractivity contribution in [1.29, 1.82) is 5.26 Å². The molecule has 6 heteroatoms. The second-order valence-corrected chi connectivity index (χ2v) is 9.14. The summed E-state index contributed by atoms with van der Waals surface area (Å²) in [5, 5.41) is 19.2. The SMILES string of the molecule is Cc1cccc(C(=O)OCC(=O)N(CCC#N)C23CC4CC(CC(C4)C2)C3)c1O. The molecule has 0 saturated heterocycles. The number of benzene rings is 1. The molecule has 4 saturated carbocycles. The first-order valence-corrected chi connectivity index (χ1v) is 10.5. The lowest BCUT2D eigenvalue weighted by atomic mass is 9.52. The van der Waals surface area contributed by atoms with Crippen LogP contribution in [0.2, 0.25) is 0 Å². The summed E-state index contributed by atoms with van der Waals surface area (Å²) in [4.78, 5) is 27.4. The normalized spacial score (nSPS) is 29.3. The van der Waals surface area contributed by atoms with Crippen molar-refractivity contribution in [1.82, 2.24) is 4.90 Å². The van der Waals surface area contributed by atoms with Gasteiger partial charge in [0.25, 0.3) is 5.91 Å². The Balaban J connectivity index is 1.47. The fourth-order valence-electron chi connectivity index (χ4n) is 6.29. The Hall–Kier alpha value is -2.55. The fourth-order valence-corrected chi connectivity index (χ4v) is 6.29. The van der Waals surface area contributed by atoms with Gasteiger partial charge in [-0.25, -0.2) is 4.79 Å². The number of nitrogens with zero attached hydrogens (tertiary/aromatic N) is 2. The van der Waals surface area contributed by atoms with Crippen LogP contribution in [0.15, 0.2) is 18.2 Å². The third-order valence-electron chi connectivity index (χ3n) is 7.11. The van der Waals surface area contributed by atoms with E-state index in [0.29, 0.717) is 29.9 Å². The van der Waals surface area contributed by atoms with E-state index < -0.39 is 5.97 Å². The fraction of sp³-hybridized carbons (Fsp3) is 0.609. The largest absolute Gasteiger partial charge is 0.507 e. The summed E-state index contributed by atoms with van der Waals surface area (Å²) >= 11 is 0. The highest BCUT2D eigenvalue weighted by Crippen LogP contribution is 2.57. The summed E-state index contributed by atoms with van der Waals surface area (Å²) in [5.41, 5.74) is 0.465. The topological polar surface area (TPSA) is 90.6 Å². The number of hydrogen-bond donors (Lipinski definition) is 1. The molecule has 0 heterocycles. The van der Waals surface area contributed by atoms with Crippen LogP contribution in [0.4, 0.5) is 0 Å². The van der Waals surface area contributed by atoms with Crippen LogP contribution in [0.25, 0.3) is 0 Å². The average Bonchev–Trinajstić information content (AvgIpc) is 2.67. The molecule has 0 unspecified atom stereocenters. The van der Waals surface area contributed by atoms with E-state index in [1.165, 1.54) is 25.3 Å². The van der Waals surface area contributed by atoms with E-state index in [9.17, 15) is 14.7 Å². The molecule has 0 aromatic heterocycles. The maximum atomic E-state index is 13.1. The van der Waals surface area contributed by atoms with Gasteiger partial charge in [0.15, 0.2) is 6.61 Å². The molecule has 1 aromatic rings. The Kier molecular flexibility index (Phi) is 5.24. The van der Waals surface area contributed by atoms with Crippen molar-refractivity contribution in [3.63, 3.8) is 0 Å². The van der Waals surface area contributed by atoms with Gasteiger partial charge in [-0.15, -0.1) is 0 Å². The van der Waals surface area contributed by atoms with E-state index >= 15 is 0 Å². The van der Waals surface area contributed by atoms with Crippen LogP contribution in [0.1, 0.15) is 60.9 Å². The van der Waals surface area contributed by atoms with Gasteiger partial charge in [0.2, 0.25) is 0 Å². The number of phenols is 1. The predicted molar refractivity (Wildman–Crippen MR) is 106 cm³/mol. The number of carbonyl (C=O) groups excluding carboxylic acids is 2. The molecule has 1 N–H and O–H groups in total. The van der Waals surface area contributed by atoms with E-state index in [4.69, 9.17) is 10.00 Å². The van der Waals surface area contributed by atoms with Crippen molar-refractivity contribution >= 4 is 11.9 Å². The monoisotopic (exact) mass is 396 g/mol. The summed E-state index contributed by atoms with van der Waals surface area (Å²) in [5.74, 6) is 0.960. The third kappa shape index (κ3) is 3.71. The number of aromatic hydroxyl groups is 1. The Morgan fingerprint density at radius 3 is 2.41 bits per heavy atom. The van der Waals surface area contributed by atoms with Crippen LogP contribution < -0.4 is 0 Å². The zero-order valence-electron chi connectivity index (χ0n) is 16.9. The summed E-state index contributed by atoms with van der Waals surface area (Å²) in [6.07, 6.45) is 7.08. The van der Waals surface area contributed by atoms with E-state index in [-0.39, 0.29) is 35.8 Å². The Labute approximate surface area is 171 Å². The van der Waals surface area contributed by atoms with Gasteiger partial charge in [-0.2, -0.15) is 5.26 Å². The summed E-state index contributed by atoms with van der Waals surface area (Å²) < 4.78 is 5.28. The van der Waals surface area contributed by atoms with Crippen LogP contribution in [-0.4, -0.2) is 40.6 Å². The van der Waals surface area contributed by atoms with Crippen LogP contribution in [-0.2, 0) is 9.53 Å².